The number of hydrogen-bond donors (Lipinski definition) is 2. The van der Waals surface area contributed by atoms with Gasteiger partial charge in [-0.15, -0.1) is 0 Å². The van der Waals surface area contributed by atoms with Crippen LogP contribution in [0.15, 0.2) is 18.2 Å². The van der Waals surface area contributed by atoms with Gasteiger partial charge in [0.1, 0.15) is 6.61 Å². The van der Waals surface area contributed by atoms with Gasteiger partial charge >= 0.3 is 5.97 Å². The summed E-state index contributed by atoms with van der Waals surface area (Å²) in [6, 6.07) is 4.97. The Morgan fingerprint density at radius 2 is 2.05 bits per heavy atom. The van der Waals surface area contributed by atoms with E-state index < -0.39 is 5.97 Å². The molecule has 0 aliphatic rings. The molecule has 1 aromatic rings. The molecule has 1 aromatic carbocycles. The molecule has 19 heavy (non-hydrogen) atoms. The van der Waals surface area contributed by atoms with E-state index in [4.69, 9.17) is 10.5 Å². The number of rotatable bonds is 5. The van der Waals surface area contributed by atoms with Crippen LogP contribution in [0.1, 0.15) is 16.8 Å². The summed E-state index contributed by atoms with van der Waals surface area (Å²) in [7, 11) is 5.27. The smallest absolute Gasteiger partial charge is 0.338 e. The van der Waals surface area contributed by atoms with E-state index in [0.717, 1.165) is 5.69 Å². The first kappa shape index (κ1) is 14.8. The Balaban J connectivity index is 2.63. The lowest BCUT2D eigenvalue weighted by Gasteiger charge is -2.15. The Morgan fingerprint density at radius 3 is 2.58 bits per heavy atom. The lowest BCUT2D eigenvalue weighted by atomic mass is 10.1. The number of carbonyl (C=O) groups excluding carboxylic acids is 2. The third-order valence-corrected chi connectivity index (χ3v) is 2.59. The largest absolute Gasteiger partial charge is 0.462 e. The molecule has 0 saturated carbocycles. The standard InChI is InChI=1S/C13H19N3O3/c1-15-12(17)6-7-19-13(18)9-4-5-11(16(2)3)10(14)8-9/h4-5,8H,6-7,14H2,1-3H3,(H,15,17). The summed E-state index contributed by atoms with van der Waals surface area (Å²) in [6.45, 7) is 0.0494. The number of nitrogen functional groups attached to an aromatic ring is 1. The van der Waals surface area contributed by atoms with E-state index in [1.165, 1.54) is 7.05 Å². The number of ether oxygens (including phenoxy) is 1. The summed E-state index contributed by atoms with van der Waals surface area (Å²) in [5, 5.41) is 2.45. The van der Waals surface area contributed by atoms with E-state index in [9.17, 15) is 9.59 Å². The molecule has 0 atom stereocenters. The van der Waals surface area contributed by atoms with Crippen molar-refractivity contribution >= 4 is 23.3 Å². The number of esters is 1. The molecule has 0 aliphatic heterocycles. The average Bonchev–Trinajstić information content (AvgIpc) is 2.37. The fraction of sp³-hybridized carbons (Fsp3) is 0.385. The number of nitrogens with one attached hydrogen (secondary N) is 1. The highest BCUT2D eigenvalue weighted by atomic mass is 16.5. The second kappa shape index (κ2) is 6.63. The molecule has 6 nitrogen and oxygen atoms in total. The molecule has 0 fully saturated rings. The molecule has 104 valence electrons. The van der Waals surface area contributed by atoms with E-state index in [0.29, 0.717) is 11.3 Å². The van der Waals surface area contributed by atoms with Crippen molar-refractivity contribution in [2.75, 3.05) is 38.4 Å². The Morgan fingerprint density at radius 1 is 1.37 bits per heavy atom. The van der Waals surface area contributed by atoms with Gasteiger partial charge in [-0.3, -0.25) is 4.79 Å². The maximum absolute atomic E-state index is 11.7. The third kappa shape index (κ3) is 4.17. The molecule has 0 aliphatic carbocycles. The van der Waals surface area contributed by atoms with Gasteiger partial charge in [-0.25, -0.2) is 4.79 Å². The Labute approximate surface area is 112 Å². The van der Waals surface area contributed by atoms with Crippen LogP contribution in [0.5, 0.6) is 0 Å². The van der Waals surface area contributed by atoms with Crippen molar-refractivity contribution in [3.8, 4) is 0 Å². The highest BCUT2D eigenvalue weighted by Crippen LogP contribution is 2.22. The van der Waals surface area contributed by atoms with E-state index in [1.807, 2.05) is 19.0 Å². The SMILES string of the molecule is CNC(=O)CCOC(=O)c1ccc(N(C)C)c(N)c1. The number of nitrogens with zero attached hydrogens (tertiary/aromatic N) is 1. The maximum atomic E-state index is 11.7. The van der Waals surface area contributed by atoms with Gasteiger partial charge in [-0.05, 0) is 18.2 Å². The molecule has 0 spiro atoms. The number of anilines is 2. The van der Waals surface area contributed by atoms with Crippen LogP contribution in [-0.4, -0.2) is 39.6 Å². The Kier molecular flexibility index (Phi) is 5.17. The summed E-state index contributed by atoms with van der Waals surface area (Å²) < 4.78 is 4.99. The molecule has 0 saturated heterocycles. The monoisotopic (exact) mass is 265 g/mol. The fourth-order valence-electron chi connectivity index (χ4n) is 1.53. The van der Waals surface area contributed by atoms with Crippen LogP contribution in [0.2, 0.25) is 0 Å². The molecule has 0 aromatic heterocycles. The van der Waals surface area contributed by atoms with E-state index in [2.05, 4.69) is 5.32 Å². The van der Waals surface area contributed by atoms with Gasteiger partial charge in [-0.1, -0.05) is 0 Å². The number of amides is 1. The molecule has 6 heteroatoms. The summed E-state index contributed by atoms with van der Waals surface area (Å²) in [4.78, 5) is 24.6. The summed E-state index contributed by atoms with van der Waals surface area (Å²) in [5.74, 6) is -0.656. The molecule has 3 N–H and O–H groups in total. The summed E-state index contributed by atoms with van der Waals surface area (Å²) in [5.41, 5.74) is 7.56. The first-order chi connectivity index (χ1) is 8.95. The minimum absolute atomic E-state index is 0.0494. The zero-order valence-electron chi connectivity index (χ0n) is 11.4. The highest BCUT2D eigenvalue weighted by Gasteiger charge is 2.11. The zero-order chi connectivity index (χ0) is 14.4. The van der Waals surface area contributed by atoms with Gasteiger partial charge in [0.05, 0.1) is 23.4 Å². The van der Waals surface area contributed by atoms with Crippen molar-refractivity contribution < 1.29 is 14.3 Å². The van der Waals surface area contributed by atoms with Gasteiger partial charge in [0, 0.05) is 21.1 Å². The van der Waals surface area contributed by atoms with Gasteiger partial charge in [0.25, 0.3) is 0 Å². The van der Waals surface area contributed by atoms with Crippen LogP contribution in [0.25, 0.3) is 0 Å². The Hall–Kier alpha value is -2.24. The van der Waals surface area contributed by atoms with Crippen LogP contribution >= 0.6 is 0 Å². The number of hydrogen-bond acceptors (Lipinski definition) is 5. The van der Waals surface area contributed by atoms with Gasteiger partial charge in [0.2, 0.25) is 5.91 Å². The van der Waals surface area contributed by atoms with Crippen LogP contribution in [0.4, 0.5) is 11.4 Å². The Bertz CT molecular complexity index is 472. The number of benzene rings is 1. The number of nitrogens with two attached hydrogens (primary N) is 1. The van der Waals surface area contributed by atoms with Gasteiger partial charge < -0.3 is 20.7 Å². The second-order valence-electron chi connectivity index (χ2n) is 4.23. The molecule has 1 amide bonds. The maximum Gasteiger partial charge on any atom is 0.338 e. The van der Waals surface area contributed by atoms with Crippen molar-refractivity contribution in [3.05, 3.63) is 23.8 Å². The van der Waals surface area contributed by atoms with Gasteiger partial charge in [0.15, 0.2) is 0 Å². The third-order valence-electron chi connectivity index (χ3n) is 2.59. The lowest BCUT2D eigenvalue weighted by molar-refractivity contribution is -0.121. The quantitative estimate of drug-likeness (QED) is 0.602. The second-order valence-corrected chi connectivity index (χ2v) is 4.23. The predicted octanol–water partition coefficient (Wildman–Crippen LogP) is 0.628. The normalized spacial score (nSPS) is 9.84. The van der Waals surface area contributed by atoms with Crippen LogP contribution in [-0.2, 0) is 9.53 Å². The van der Waals surface area contributed by atoms with E-state index in [1.54, 1.807) is 18.2 Å². The first-order valence-electron chi connectivity index (χ1n) is 5.90. The van der Waals surface area contributed by atoms with Crippen LogP contribution < -0.4 is 16.0 Å². The van der Waals surface area contributed by atoms with Crippen molar-refractivity contribution in [2.45, 2.75) is 6.42 Å². The fourth-order valence-corrected chi connectivity index (χ4v) is 1.53. The molecule has 0 radical (unpaired) electrons. The first-order valence-corrected chi connectivity index (χ1v) is 5.90. The van der Waals surface area contributed by atoms with Crippen molar-refractivity contribution in [1.29, 1.82) is 0 Å². The van der Waals surface area contributed by atoms with Crippen molar-refractivity contribution in [2.24, 2.45) is 0 Å². The number of carbonyl (C=O) groups is 2. The molecular formula is C13H19N3O3. The van der Waals surface area contributed by atoms with Crippen molar-refractivity contribution in [3.63, 3.8) is 0 Å². The molecule has 0 bridgehead atoms. The summed E-state index contributed by atoms with van der Waals surface area (Å²) in [6.07, 6.45) is 0.146. The minimum Gasteiger partial charge on any atom is -0.462 e. The topological polar surface area (TPSA) is 84.7 Å². The minimum atomic E-state index is -0.485. The molecule has 0 heterocycles. The van der Waals surface area contributed by atoms with E-state index in [-0.39, 0.29) is 18.9 Å². The highest BCUT2D eigenvalue weighted by molar-refractivity contribution is 5.92. The average molecular weight is 265 g/mol. The van der Waals surface area contributed by atoms with Crippen LogP contribution in [0.3, 0.4) is 0 Å². The molecule has 0 unspecified atom stereocenters. The van der Waals surface area contributed by atoms with Crippen LogP contribution in [0, 0.1) is 0 Å². The molecule has 1 rings (SSSR count). The molecular weight excluding hydrogens is 246 g/mol. The zero-order valence-corrected chi connectivity index (χ0v) is 11.4. The van der Waals surface area contributed by atoms with E-state index >= 15 is 0 Å². The van der Waals surface area contributed by atoms with Gasteiger partial charge in [-0.2, -0.15) is 0 Å². The predicted molar refractivity (Wildman–Crippen MR) is 74.1 cm³/mol. The lowest BCUT2D eigenvalue weighted by Crippen LogP contribution is -2.20. The van der Waals surface area contributed by atoms with Crippen molar-refractivity contribution in [1.82, 2.24) is 5.32 Å². The summed E-state index contributed by atoms with van der Waals surface area (Å²) >= 11 is 0.